The van der Waals surface area contributed by atoms with Gasteiger partial charge in [-0.1, -0.05) is 6.07 Å². The number of nitriles is 1. The minimum absolute atomic E-state index is 0.327. The lowest BCUT2D eigenvalue weighted by Gasteiger charge is -2.13. The van der Waals surface area contributed by atoms with Gasteiger partial charge in [-0.05, 0) is 31.4 Å². The number of nitrogens with zero attached hydrogens (tertiary/aromatic N) is 4. The smallest absolute Gasteiger partial charge is 0.409 e. The van der Waals surface area contributed by atoms with E-state index in [4.69, 9.17) is 10.5 Å². The van der Waals surface area contributed by atoms with Crippen LogP contribution in [0.3, 0.4) is 0 Å². The molecule has 1 saturated carbocycles. The van der Waals surface area contributed by atoms with Crippen molar-refractivity contribution in [2.24, 2.45) is 5.73 Å². The number of hydrogen-bond acceptors (Lipinski definition) is 7. The minimum atomic E-state index is -0.877. The molecule has 1 aliphatic rings. The molecule has 1 fully saturated rings. The van der Waals surface area contributed by atoms with Crippen LogP contribution in [0.15, 0.2) is 30.5 Å². The van der Waals surface area contributed by atoms with Crippen molar-refractivity contribution in [1.82, 2.24) is 14.6 Å². The Balaban J connectivity index is 1.73. The number of rotatable bonds is 5. The number of hydrogen-bond donors (Lipinski definition) is 3. The number of fused-ring (bicyclic) bond motifs is 1. The average molecular weight is 363 g/mol. The Morgan fingerprint density at radius 1 is 1.37 bits per heavy atom. The first kappa shape index (κ1) is 16.7. The Bertz CT molecular complexity index is 1080. The van der Waals surface area contributed by atoms with Crippen molar-refractivity contribution in [2.75, 3.05) is 10.6 Å². The Morgan fingerprint density at radius 3 is 2.89 bits per heavy atom. The number of carbonyl (C=O) groups is 1. The van der Waals surface area contributed by atoms with Crippen LogP contribution in [0.4, 0.5) is 22.0 Å². The molecule has 1 aromatic carbocycles. The van der Waals surface area contributed by atoms with Crippen LogP contribution in [0.5, 0.6) is 5.75 Å². The maximum Gasteiger partial charge on any atom is 0.409 e. The number of nitrogens with two attached hydrogens (primary N) is 1. The molecule has 3 aromatic rings. The second-order valence-corrected chi connectivity index (χ2v) is 6.38. The molecular weight excluding hydrogens is 346 g/mol. The van der Waals surface area contributed by atoms with E-state index in [1.807, 2.05) is 13.0 Å². The molecule has 1 aliphatic carbocycles. The summed E-state index contributed by atoms with van der Waals surface area (Å²) in [5.74, 6) is 0.854. The Labute approximate surface area is 154 Å². The third kappa shape index (κ3) is 3.46. The molecule has 4 rings (SSSR count). The van der Waals surface area contributed by atoms with Crippen LogP contribution in [0.1, 0.15) is 24.1 Å². The number of primary amides is 1. The number of nitrogens with one attached hydrogen (secondary N) is 2. The molecule has 2 aromatic heterocycles. The summed E-state index contributed by atoms with van der Waals surface area (Å²) < 4.78 is 6.44. The lowest BCUT2D eigenvalue weighted by Crippen LogP contribution is -2.16. The van der Waals surface area contributed by atoms with Crippen LogP contribution in [-0.4, -0.2) is 26.7 Å². The summed E-state index contributed by atoms with van der Waals surface area (Å²) in [5, 5.41) is 20.4. The number of benzene rings is 1. The van der Waals surface area contributed by atoms with Gasteiger partial charge in [0, 0.05) is 23.9 Å². The van der Waals surface area contributed by atoms with E-state index >= 15 is 0 Å². The van der Waals surface area contributed by atoms with Crippen LogP contribution in [0.2, 0.25) is 0 Å². The first-order chi connectivity index (χ1) is 13.0. The summed E-state index contributed by atoms with van der Waals surface area (Å²) in [6, 6.07) is 9.49. The molecule has 0 saturated heterocycles. The molecule has 9 heteroatoms. The van der Waals surface area contributed by atoms with Gasteiger partial charge in [0.1, 0.15) is 11.8 Å². The standard InChI is InChI=1S/C18H17N7O2/c1-10-2-5-13(27-18(20)26)6-14(10)23-16-7-15(22-11-3-4-11)17-21-9-12(8-19)25(17)24-16/h2,5-7,9,11,22H,3-4H2,1H3,(H2,20,26)(H,23,24). The highest BCUT2D eigenvalue weighted by Gasteiger charge is 2.23. The van der Waals surface area contributed by atoms with Gasteiger partial charge in [-0.3, -0.25) is 0 Å². The maximum absolute atomic E-state index is 11.0. The van der Waals surface area contributed by atoms with E-state index in [-0.39, 0.29) is 0 Å². The average Bonchev–Trinajstić information content (AvgIpc) is 3.34. The van der Waals surface area contributed by atoms with Gasteiger partial charge in [-0.15, -0.1) is 5.10 Å². The van der Waals surface area contributed by atoms with Gasteiger partial charge < -0.3 is 21.1 Å². The number of carbonyl (C=O) groups excluding carboxylic acids is 1. The summed E-state index contributed by atoms with van der Waals surface area (Å²) in [6.07, 6.45) is 2.83. The molecule has 1 amide bonds. The normalized spacial score (nSPS) is 13.2. The van der Waals surface area contributed by atoms with Crippen molar-refractivity contribution in [3.05, 3.63) is 41.7 Å². The molecular formula is C18H17N7O2. The molecule has 27 heavy (non-hydrogen) atoms. The second-order valence-electron chi connectivity index (χ2n) is 6.38. The Hall–Kier alpha value is -3.80. The first-order valence-electron chi connectivity index (χ1n) is 8.44. The summed E-state index contributed by atoms with van der Waals surface area (Å²) >= 11 is 0. The first-order valence-corrected chi connectivity index (χ1v) is 8.44. The second kappa shape index (κ2) is 6.49. The predicted octanol–water partition coefficient (Wildman–Crippen LogP) is 2.68. The highest BCUT2D eigenvalue weighted by molar-refractivity contribution is 5.75. The van der Waals surface area contributed by atoms with Gasteiger partial charge in [-0.25, -0.2) is 9.78 Å². The number of aryl methyl sites for hydroxylation is 1. The summed E-state index contributed by atoms with van der Waals surface area (Å²) in [7, 11) is 0. The summed E-state index contributed by atoms with van der Waals surface area (Å²) in [5.41, 5.74) is 8.46. The molecule has 0 bridgehead atoms. The fraction of sp³-hybridized carbons (Fsp3) is 0.222. The molecule has 0 unspecified atom stereocenters. The summed E-state index contributed by atoms with van der Waals surface area (Å²) in [4.78, 5) is 15.3. The number of amides is 1. The molecule has 136 valence electrons. The number of anilines is 3. The van der Waals surface area contributed by atoms with Gasteiger partial charge in [0.2, 0.25) is 0 Å². The zero-order chi connectivity index (χ0) is 19.0. The van der Waals surface area contributed by atoms with E-state index in [2.05, 4.69) is 26.8 Å². The fourth-order valence-electron chi connectivity index (χ4n) is 2.71. The lowest BCUT2D eigenvalue weighted by molar-refractivity contribution is 0.211. The van der Waals surface area contributed by atoms with E-state index in [0.29, 0.717) is 34.6 Å². The number of ether oxygens (including phenoxy) is 1. The van der Waals surface area contributed by atoms with Gasteiger partial charge >= 0.3 is 6.09 Å². The summed E-state index contributed by atoms with van der Waals surface area (Å²) in [6.45, 7) is 1.91. The van der Waals surface area contributed by atoms with Crippen LogP contribution >= 0.6 is 0 Å². The number of imidazole rings is 1. The maximum atomic E-state index is 11.0. The lowest BCUT2D eigenvalue weighted by atomic mass is 10.2. The molecule has 2 heterocycles. The SMILES string of the molecule is Cc1ccc(OC(N)=O)cc1Nc1cc(NC2CC2)c2ncc(C#N)n2n1. The van der Waals surface area contributed by atoms with Crippen LogP contribution in [0.25, 0.3) is 5.65 Å². The zero-order valence-electron chi connectivity index (χ0n) is 14.6. The van der Waals surface area contributed by atoms with E-state index in [0.717, 1.165) is 24.1 Å². The quantitative estimate of drug-likeness (QED) is 0.635. The minimum Gasteiger partial charge on any atom is -0.410 e. The van der Waals surface area contributed by atoms with E-state index in [9.17, 15) is 10.1 Å². The van der Waals surface area contributed by atoms with Crippen LogP contribution in [0, 0.1) is 18.3 Å². The van der Waals surface area contributed by atoms with Gasteiger partial charge in [0.25, 0.3) is 0 Å². The Kier molecular flexibility index (Phi) is 4.01. The van der Waals surface area contributed by atoms with Crippen molar-refractivity contribution in [3.8, 4) is 11.8 Å². The third-order valence-electron chi connectivity index (χ3n) is 4.21. The van der Waals surface area contributed by atoms with Crippen molar-refractivity contribution in [3.63, 3.8) is 0 Å². The molecule has 0 aliphatic heterocycles. The van der Waals surface area contributed by atoms with Crippen molar-refractivity contribution < 1.29 is 9.53 Å². The monoisotopic (exact) mass is 363 g/mol. The molecule has 0 radical (unpaired) electrons. The van der Waals surface area contributed by atoms with Crippen molar-refractivity contribution >= 4 is 28.9 Å². The van der Waals surface area contributed by atoms with Gasteiger partial charge in [0.05, 0.1) is 11.9 Å². The third-order valence-corrected chi connectivity index (χ3v) is 4.21. The predicted molar refractivity (Wildman–Crippen MR) is 99.0 cm³/mol. The molecule has 9 nitrogen and oxygen atoms in total. The van der Waals surface area contributed by atoms with Crippen molar-refractivity contribution in [2.45, 2.75) is 25.8 Å². The van der Waals surface area contributed by atoms with Crippen LogP contribution < -0.4 is 21.1 Å². The van der Waals surface area contributed by atoms with Gasteiger partial charge in [-0.2, -0.15) is 9.78 Å². The highest BCUT2D eigenvalue weighted by Crippen LogP contribution is 2.30. The molecule has 0 spiro atoms. The van der Waals surface area contributed by atoms with Gasteiger partial charge in [0.15, 0.2) is 17.2 Å². The Morgan fingerprint density at radius 2 is 2.19 bits per heavy atom. The highest BCUT2D eigenvalue weighted by atomic mass is 16.5. The fourth-order valence-corrected chi connectivity index (χ4v) is 2.71. The van der Waals surface area contributed by atoms with E-state index in [1.165, 1.54) is 10.7 Å². The largest absolute Gasteiger partial charge is 0.410 e. The van der Waals surface area contributed by atoms with Crippen molar-refractivity contribution in [1.29, 1.82) is 5.26 Å². The zero-order valence-corrected chi connectivity index (χ0v) is 14.6. The van der Waals surface area contributed by atoms with E-state index in [1.54, 1.807) is 18.2 Å². The number of aromatic nitrogens is 3. The topological polar surface area (TPSA) is 130 Å². The van der Waals surface area contributed by atoms with E-state index < -0.39 is 6.09 Å². The molecule has 0 atom stereocenters. The van der Waals surface area contributed by atoms with Crippen LogP contribution in [-0.2, 0) is 0 Å². The molecule has 4 N–H and O–H groups in total.